The number of carbonyl (C=O) groups is 2. The van der Waals surface area contributed by atoms with Gasteiger partial charge in [0, 0.05) is 35.2 Å². The predicted octanol–water partition coefficient (Wildman–Crippen LogP) is 4.81. The van der Waals surface area contributed by atoms with Crippen molar-refractivity contribution in [3.8, 4) is 11.3 Å². The largest absolute Gasteiger partial charge is 0.312 e. The maximum Gasteiger partial charge on any atom is 0.257 e. The van der Waals surface area contributed by atoms with Crippen LogP contribution >= 0.6 is 11.3 Å². The number of hydrogen-bond donors (Lipinski definition) is 1. The Labute approximate surface area is 168 Å². The summed E-state index contributed by atoms with van der Waals surface area (Å²) in [6.45, 7) is 4.85. The fourth-order valence-electron chi connectivity index (χ4n) is 3.35. The highest BCUT2D eigenvalue weighted by Gasteiger charge is 2.21. The molecule has 1 saturated heterocycles. The highest BCUT2D eigenvalue weighted by Crippen LogP contribution is 2.28. The second kappa shape index (κ2) is 7.56. The average Bonchev–Trinajstić information content (AvgIpc) is 3.33. The second-order valence-electron chi connectivity index (χ2n) is 7.01. The number of aromatic nitrogens is 1. The van der Waals surface area contributed by atoms with Gasteiger partial charge >= 0.3 is 0 Å². The molecule has 1 aromatic heterocycles. The van der Waals surface area contributed by atoms with E-state index in [1.54, 1.807) is 17.0 Å². The Kier molecular flexibility index (Phi) is 4.96. The van der Waals surface area contributed by atoms with Gasteiger partial charge in [-0.3, -0.25) is 14.9 Å². The third-order valence-electron chi connectivity index (χ3n) is 4.91. The molecule has 0 spiro atoms. The molecule has 1 N–H and O–H groups in total. The van der Waals surface area contributed by atoms with E-state index in [0.717, 1.165) is 35.5 Å². The van der Waals surface area contributed by atoms with Crippen LogP contribution in [0.5, 0.6) is 0 Å². The van der Waals surface area contributed by atoms with E-state index in [-0.39, 0.29) is 11.8 Å². The lowest BCUT2D eigenvalue weighted by molar-refractivity contribution is -0.117. The van der Waals surface area contributed by atoms with Gasteiger partial charge in [0.05, 0.1) is 5.69 Å². The van der Waals surface area contributed by atoms with Crippen LogP contribution < -0.4 is 10.2 Å². The number of anilines is 2. The molecule has 28 heavy (non-hydrogen) atoms. The SMILES string of the molecule is Cc1ccc(C)c(-c2csc(NC(=O)c3ccc(N4CCCC4=O)cc3)n2)c1. The van der Waals surface area contributed by atoms with Crippen LogP contribution in [0.25, 0.3) is 11.3 Å². The van der Waals surface area contributed by atoms with E-state index in [0.29, 0.717) is 17.1 Å². The Morgan fingerprint density at radius 1 is 1.14 bits per heavy atom. The van der Waals surface area contributed by atoms with Crippen molar-refractivity contribution < 1.29 is 9.59 Å². The van der Waals surface area contributed by atoms with Crippen LogP contribution in [-0.2, 0) is 4.79 Å². The molecule has 0 saturated carbocycles. The lowest BCUT2D eigenvalue weighted by atomic mass is 10.0. The molecule has 5 nitrogen and oxygen atoms in total. The van der Waals surface area contributed by atoms with Gasteiger partial charge in [0.15, 0.2) is 5.13 Å². The first-order valence-electron chi connectivity index (χ1n) is 9.26. The average molecular weight is 391 g/mol. The molecule has 1 fully saturated rings. The maximum absolute atomic E-state index is 12.6. The number of aryl methyl sites for hydroxylation is 2. The number of amides is 2. The number of hydrogen-bond acceptors (Lipinski definition) is 4. The normalized spacial score (nSPS) is 13.8. The standard InChI is InChI=1S/C22H21N3O2S/c1-14-5-6-15(2)18(12-14)19-13-28-22(23-19)24-21(27)16-7-9-17(10-8-16)25-11-3-4-20(25)26/h5-10,12-13H,3-4,11H2,1-2H3,(H,23,24,27). The van der Waals surface area contributed by atoms with E-state index in [1.807, 2.05) is 17.5 Å². The molecule has 2 aromatic carbocycles. The summed E-state index contributed by atoms with van der Waals surface area (Å²) >= 11 is 1.41. The van der Waals surface area contributed by atoms with Gasteiger partial charge in [0.2, 0.25) is 5.91 Å². The van der Waals surface area contributed by atoms with Gasteiger partial charge in [-0.25, -0.2) is 4.98 Å². The van der Waals surface area contributed by atoms with Crippen molar-refractivity contribution in [2.75, 3.05) is 16.8 Å². The van der Waals surface area contributed by atoms with Crippen LogP contribution in [0.15, 0.2) is 47.8 Å². The summed E-state index contributed by atoms with van der Waals surface area (Å²) in [6, 6.07) is 13.4. The molecule has 4 rings (SSSR count). The zero-order valence-corrected chi connectivity index (χ0v) is 16.7. The summed E-state index contributed by atoms with van der Waals surface area (Å²) in [5.41, 5.74) is 5.65. The zero-order valence-electron chi connectivity index (χ0n) is 15.9. The van der Waals surface area contributed by atoms with E-state index in [2.05, 4.69) is 42.3 Å². The molecular formula is C22H21N3O2S. The number of carbonyl (C=O) groups excluding carboxylic acids is 2. The smallest absolute Gasteiger partial charge is 0.257 e. The number of thiazole rings is 1. The van der Waals surface area contributed by atoms with Crippen LogP contribution in [0, 0.1) is 13.8 Å². The minimum Gasteiger partial charge on any atom is -0.312 e. The predicted molar refractivity (Wildman–Crippen MR) is 113 cm³/mol. The van der Waals surface area contributed by atoms with Crippen molar-refractivity contribution in [3.05, 3.63) is 64.5 Å². The van der Waals surface area contributed by atoms with Crippen molar-refractivity contribution in [3.63, 3.8) is 0 Å². The van der Waals surface area contributed by atoms with Gasteiger partial charge in [0.1, 0.15) is 0 Å². The van der Waals surface area contributed by atoms with Gasteiger partial charge in [-0.15, -0.1) is 11.3 Å². The third kappa shape index (κ3) is 3.68. The lowest BCUT2D eigenvalue weighted by Gasteiger charge is -2.15. The molecule has 2 amide bonds. The topological polar surface area (TPSA) is 62.3 Å². The van der Waals surface area contributed by atoms with Crippen molar-refractivity contribution in [1.82, 2.24) is 4.98 Å². The number of benzene rings is 2. The van der Waals surface area contributed by atoms with Crippen LogP contribution in [-0.4, -0.2) is 23.3 Å². The first kappa shape index (κ1) is 18.4. The Hall–Kier alpha value is -2.99. The number of rotatable bonds is 4. The molecule has 0 atom stereocenters. The van der Waals surface area contributed by atoms with E-state index >= 15 is 0 Å². The molecule has 3 aromatic rings. The Morgan fingerprint density at radius 3 is 2.64 bits per heavy atom. The van der Waals surface area contributed by atoms with Crippen LogP contribution in [0.4, 0.5) is 10.8 Å². The van der Waals surface area contributed by atoms with E-state index in [4.69, 9.17) is 0 Å². The summed E-state index contributed by atoms with van der Waals surface area (Å²) in [7, 11) is 0. The van der Waals surface area contributed by atoms with Crippen molar-refractivity contribution >= 4 is 34.0 Å². The number of nitrogens with one attached hydrogen (secondary N) is 1. The van der Waals surface area contributed by atoms with Crippen LogP contribution in [0.1, 0.15) is 34.3 Å². The highest BCUT2D eigenvalue weighted by atomic mass is 32.1. The molecule has 2 heterocycles. The Morgan fingerprint density at radius 2 is 1.93 bits per heavy atom. The van der Waals surface area contributed by atoms with E-state index < -0.39 is 0 Å². The quantitative estimate of drug-likeness (QED) is 0.694. The van der Waals surface area contributed by atoms with Crippen LogP contribution in [0.3, 0.4) is 0 Å². The fourth-order valence-corrected chi connectivity index (χ4v) is 4.06. The molecule has 0 radical (unpaired) electrons. The minimum absolute atomic E-state index is 0.138. The lowest BCUT2D eigenvalue weighted by Crippen LogP contribution is -2.23. The summed E-state index contributed by atoms with van der Waals surface area (Å²) in [6.07, 6.45) is 1.48. The maximum atomic E-state index is 12.6. The molecular weight excluding hydrogens is 370 g/mol. The van der Waals surface area contributed by atoms with E-state index in [9.17, 15) is 9.59 Å². The summed E-state index contributed by atoms with van der Waals surface area (Å²) in [5, 5.41) is 5.40. The van der Waals surface area contributed by atoms with Crippen molar-refractivity contribution in [2.24, 2.45) is 0 Å². The van der Waals surface area contributed by atoms with Gasteiger partial charge in [0.25, 0.3) is 5.91 Å². The second-order valence-corrected chi connectivity index (χ2v) is 7.86. The Bertz CT molecular complexity index is 1040. The highest BCUT2D eigenvalue weighted by molar-refractivity contribution is 7.14. The monoisotopic (exact) mass is 391 g/mol. The van der Waals surface area contributed by atoms with Gasteiger partial charge in [-0.1, -0.05) is 17.7 Å². The molecule has 0 aliphatic carbocycles. The van der Waals surface area contributed by atoms with Gasteiger partial charge in [-0.05, 0) is 56.2 Å². The summed E-state index contributed by atoms with van der Waals surface area (Å²) in [4.78, 5) is 30.7. The van der Waals surface area contributed by atoms with Crippen molar-refractivity contribution in [1.29, 1.82) is 0 Å². The van der Waals surface area contributed by atoms with Gasteiger partial charge < -0.3 is 4.90 Å². The molecule has 1 aliphatic heterocycles. The fraction of sp³-hybridized carbons (Fsp3) is 0.227. The molecule has 0 unspecified atom stereocenters. The summed E-state index contributed by atoms with van der Waals surface area (Å²) in [5.74, 6) is -0.0693. The van der Waals surface area contributed by atoms with Crippen LogP contribution in [0.2, 0.25) is 0 Å². The first-order valence-corrected chi connectivity index (χ1v) is 10.1. The van der Waals surface area contributed by atoms with Gasteiger partial charge in [-0.2, -0.15) is 0 Å². The molecule has 0 bridgehead atoms. The minimum atomic E-state index is -0.207. The molecule has 6 heteroatoms. The number of nitrogens with zero attached hydrogens (tertiary/aromatic N) is 2. The summed E-state index contributed by atoms with van der Waals surface area (Å²) < 4.78 is 0. The first-order chi connectivity index (χ1) is 13.5. The molecule has 142 valence electrons. The van der Waals surface area contributed by atoms with E-state index in [1.165, 1.54) is 16.9 Å². The third-order valence-corrected chi connectivity index (χ3v) is 5.67. The molecule has 1 aliphatic rings. The Balaban J connectivity index is 1.47. The van der Waals surface area contributed by atoms with Crippen molar-refractivity contribution in [2.45, 2.75) is 26.7 Å². The zero-order chi connectivity index (χ0) is 19.7.